The lowest BCUT2D eigenvalue weighted by molar-refractivity contribution is -0.123. The van der Waals surface area contributed by atoms with Crippen LogP contribution in [0.15, 0.2) is 18.2 Å². The van der Waals surface area contributed by atoms with E-state index in [9.17, 15) is 4.79 Å². The Balaban J connectivity index is 1.71. The van der Waals surface area contributed by atoms with Crippen molar-refractivity contribution in [2.24, 2.45) is 5.92 Å². The predicted octanol–water partition coefficient (Wildman–Crippen LogP) is 2.14. The molecule has 2 N–H and O–H groups in total. The van der Waals surface area contributed by atoms with Crippen molar-refractivity contribution in [3.63, 3.8) is 0 Å². The SMILES string of the molecule is Cc1cc(Cl)ccc1OCC(=O)NCC1CCCNC1. The maximum Gasteiger partial charge on any atom is 0.257 e. The van der Waals surface area contributed by atoms with Gasteiger partial charge in [0.2, 0.25) is 0 Å². The quantitative estimate of drug-likeness (QED) is 0.875. The Hall–Kier alpha value is -1.26. The Morgan fingerprint density at radius 2 is 2.40 bits per heavy atom. The molecule has 0 bridgehead atoms. The number of carbonyl (C=O) groups excluding carboxylic acids is 1. The van der Waals surface area contributed by atoms with Gasteiger partial charge in [0.05, 0.1) is 0 Å². The van der Waals surface area contributed by atoms with Gasteiger partial charge >= 0.3 is 0 Å². The Bertz CT molecular complexity index is 459. The first-order valence-electron chi connectivity index (χ1n) is 7.01. The maximum atomic E-state index is 11.8. The smallest absolute Gasteiger partial charge is 0.257 e. The monoisotopic (exact) mass is 296 g/mol. The Morgan fingerprint density at radius 1 is 1.55 bits per heavy atom. The average Bonchev–Trinajstić information content (AvgIpc) is 2.45. The van der Waals surface area contributed by atoms with Gasteiger partial charge in [0, 0.05) is 11.6 Å². The van der Waals surface area contributed by atoms with Gasteiger partial charge in [-0.05, 0) is 62.5 Å². The van der Waals surface area contributed by atoms with Gasteiger partial charge in [0.25, 0.3) is 5.91 Å². The molecule has 5 heteroatoms. The number of benzene rings is 1. The van der Waals surface area contributed by atoms with E-state index in [0.29, 0.717) is 16.7 Å². The van der Waals surface area contributed by atoms with Gasteiger partial charge in [-0.1, -0.05) is 11.6 Å². The number of hydrogen-bond donors (Lipinski definition) is 2. The van der Waals surface area contributed by atoms with Crippen molar-refractivity contribution < 1.29 is 9.53 Å². The summed E-state index contributed by atoms with van der Waals surface area (Å²) in [5, 5.41) is 6.93. The van der Waals surface area contributed by atoms with E-state index in [4.69, 9.17) is 16.3 Å². The molecule has 0 saturated carbocycles. The molecule has 4 nitrogen and oxygen atoms in total. The molecular formula is C15H21ClN2O2. The summed E-state index contributed by atoms with van der Waals surface area (Å²) in [6, 6.07) is 5.37. The fourth-order valence-corrected chi connectivity index (χ4v) is 2.55. The molecule has 20 heavy (non-hydrogen) atoms. The molecule has 2 rings (SSSR count). The number of rotatable bonds is 5. The van der Waals surface area contributed by atoms with E-state index in [2.05, 4.69) is 10.6 Å². The highest BCUT2D eigenvalue weighted by Gasteiger charge is 2.14. The van der Waals surface area contributed by atoms with Gasteiger partial charge in [-0.15, -0.1) is 0 Å². The van der Waals surface area contributed by atoms with Gasteiger partial charge in [-0.25, -0.2) is 0 Å². The van der Waals surface area contributed by atoms with Crippen molar-refractivity contribution >= 4 is 17.5 Å². The molecule has 1 amide bonds. The minimum atomic E-state index is -0.0788. The molecule has 0 spiro atoms. The lowest BCUT2D eigenvalue weighted by atomic mass is 10.00. The summed E-state index contributed by atoms with van der Waals surface area (Å²) in [5.74, 6) is 1.15. The molecule has 1 unspecified atom stereocenters. The Morgan fingerprint density at radius 3 is 3.10 bits per heavy atom. The van der Waals surface area contributed by atoms with Gasteiger partial charge in [0.1, 0.15) is 5.75 Å². The van der Waals surface area contributed by atoms with Crippen molar-refractivity contribution in [1.82, 2.24) is 10.6 Å². The summed E-state index contributed by atoms with van der Waals surface area (Å²) in [5.41, 5.74) is 0.932. The molecule has 1 aromatic carbocycles. The minimum absolute atomic E-state index is 0.0443. The van der Waals surface area contributed by atoms with E-state index in [0.717, 1.165) is 25.2 Å². The molecular weight excluding hydrogens is 276 g/mol. The standard InChI is InChI=1S/C15H21ClN2O2/c1-11-7-13(16)4-5-14(11)20-10-15(19)18-9-12-3-2-6-17-8-12/h4-5,7,12,17H,2-3,6,8-10H2,1H3,(H,18,19). The topological polar surface area (TPSA) is 50.4 Å². The third-order valence-corrected chi connectivity index (χ3v) is 3.72. The lowest BCUT2D eigenvalue weighted by Gasteiger charge is -2.22. The van der Waals surface area contributed by atoms with Gasteiger partial charge in [-0.3, -0.25) is 4.79 Å². The number of aryl methyl sites for hydroxylation is 1. The van der Waals surface area contributed by atoms with Crippen molar-refractivity contribution in [3.8, 4) is 5.75 Å². The highest BCUT2D eigenvalue weighted by Crippen LogP contribution is 2.21. The molecule has 1 saturated heterocycles. The molecule has 110 valence electrons. The summed E-state index contributed by atoms with van der Waals surface area (Å²) in [6.07, 6.45) is 2.35. The fraction of sp³-hybridized carbons (Fsp3) is 0.533. The van der Waals surface area contributed by atoms with Crippen LogP contribution in [0.4, 0.5) is 0 Å². The molecule has 1 atom stereocenters. The van der Waals surface area contributed by atoms with Crippen LogP contribution in [0.5, 0.6) is 5.75 Å². The van der Waals surface area contributed by atoms with Crippen molar-refractivity contribution in [2.45, 2.75) is 19.8 Å². The number of hydrogen-bond acceptors (Lipinski definition) is 3. The second-order valence-corrected chi connectivity index (χ2v) is 5.65. The first kappa shape index (κ1) is 15.1. The number of ether oxygens (including phenoxy) is 1. The Labute approximate surface area is 124 Å². The molecule has 1 aliphatic heterocycles. The molecule has 0 aliphatic carbocycles. The molecule has 1 aliphatic rings. The van der Waals surface area contributed by atoms with E-state index in [1.165, 1.54) is 12.8 Å². The predicted molar refractivity (Wildman–Crippen MR) is 80.3 cm³/mol. The van der Waals surface area contributed by atoms with Crippen LogP contribution in [0, 0.1) is 12.8 Å². The van der Waals surface area contributed by atoms with E-state index in [1.807, 2.05) is 13.0 Å². The summed E-state index contributed by atoms with van der Waals surface area (Å²) in [7, 11) is 0. The van der Waals surface area contributed by atoms with E-state index in [1.54, 1.807) is 12.1 Å². The first-order chi connectivity index (χ1) is 9.65. The summed E-state index contributed by atoms with van der Waals surface area (Å²) in [6.45, 7) is 4.74. The van der Waals surface area contributed by atoms with Gasteiger partial charge < -0.3 is 15.4 Å². The molecule has 1 aromatic rings. The molecule has 1 heterocycles. The molecule has 0 radical (unpaired) electrons. The molecule has 0 aromatic heterocycles. The van der Waals surface area contributed by atoms with Crippen LogP contribution >= 0.6 is 11.6 Å². The molecule has 1 fully saturated rings. The van der Waals surface area contributed by atoms with Gasteiger partial charge in [0.15, 0.2) is 6.61 Å². The van der Waals surface area contributed by atoms with Crippen LogP contribution in [0.25, 0.3) is 0 Å². The van der Waals surface area contributed by atoms with Crippen LogP contribution in [0.3, 0.4) is 0 Å². The van der Waals surface area contributed by atoms with Crippen molar-refractivity contribution in [3.05, 3.63) is 28.8 Å². The fourth-order valence-electron chi connectivity index (χ4n) is 2.33. The second-order valence-electron chi connectivity index (χ2n) is 5.21. The first-order valence-corrected chi connectivity index (χ1v) is 7.39. The van der Waals surface area contributed by atoms with E-state index >= 15 is 0 Å². The van der Waals surface area contributed by atoms with Crippen LogP contribution < -0.4 is 15.4 Å². The van der Waals surface area contributed by atoms with Crippen LogP contribution in [-0.4, -0.2) is 32.1 Å². The zero-order valence-electron chi connectivity index (χ0n) is 11.7. The average molecular weight is 297 g/mol. The van der Waals surface area contributed by atoms with Crippen LogP contribution in [-0.2, 0) is 4.79 Å². The van der Waals surface area contributed by atoms with E-state index < -0.39 is 0 Å². The second kappa shape index (κ2) is 7.50. The number of nitrogens with one attached hydrogen (secondary N) is 2. The zero-order chi connectivity index (χ0) is 14.4. The minimum Gasteiger partial charge on any atom is -0.484 e. The zero-order valence-corrected chi connectivity index (χ0v) is 12.5. The summed E-state index contributed by atoms with van der Waals surface area (Å²) in [4.78, 5) is 11.8. The summed E-state index contributed by atoms with van der Waals surface area (Å²) >= 11 is 5.87. The Kier molecular flexibility index (Phi) is 5.68. The highest BCUT2D eigenvalue weighted by molar-refractivity contribution is 6.30. The van der Waals surface area contributed by atoms with Crippen LogP contribution in [0.1, 0.15) is 18.4 Å². The lowest BCUT2D eigenvalue weighted by Crippen LogP contribution is -2.39. The van der Waals surface area contributed by atoms with Crippen molar-refractivity contribution in [1.29, 1.82) is 0 Å². The maximum absolute atomic E-state index is 11.8. The third-order valence-electron chi connectivity index (χ3n) is 3.48. The van der Waals surface area contributed by atoms with E-state index in [-0.39, 0.29) is 12.5 Å². The number of piperidine rings is 1. The van der Waals surface area contributed by atoms with Gasteiger partial charge in [-0.2, -0.15) is 0 Å². The number of carbonyl (C=O) groups is 1. The van der Waals surface area contributed by atoms with Crippen molar-refractivity contribution in [2.75, 3.05) is 26.2 Å². The highest BCUT2D eigenvalue weighted by atomic mass is 35.5. The number of halogens is 1. The normalized spacial score (nSPS) is 18.6. The third kappa shape index (κ3) is 4.69. The van der Waals surface area contributed by atoms with Crippen LogP contribution in [0.2, 0.25) is 5.02 Å². The number of amides is 1. The summed E-state index contributed by atoms with van der Waals surface area (Å²) < 4.78 is 5.51. The largest absolute Gasteiger partial charge is 0.484 e.